The quantitative estimate of drug-likeness (QED) is 0.693. The predicted octanol–water partition coefficient (Wildman–Crippen LogP) is 3.04. The number of nitrogens with one attached hydrogen (secondary N) is 1. The van der Waals surface area contributed by atoms with Crippen LogP contribution in [0.1, 0.15) is 0 Å². The van der Waals surface area contributed by atoms with Gasteiger partial charge in [-0.15, -0.1) is 0 Å². The lowest BCUT2D eigenvalue weighted by atomic mass is 10.2. The molecule has 2 heterocycles. The van der Waals surface area contributed by atoms with Gasteiger partial charge in [0.2, 0.25) is 0 Å². The molecular formula is C14H13FN4. The van der Waals surface area contributed by atoms with Crippen molar-refractivity contribution in [3.63, 3.8) is 0 Å². The molecule has 0 spiro atoms. The van der Waals surface area contributed by atoms with Gasteiger partial charge in [-0.2, -0.15) is 0 Å². The molecule has 3 rings (SSSR count). The zero-order valence-electron chi connectivity index (χ0n) is 10.4. The Morgan fingerprint density at radius 2 is 2.05 bits per heavy atom. The van der Waals surface area contributed by atoms with Crippen LogP contribution < -0.4 is 11.1 Å². The van der Waals surface area contributed by atoms with Crippen molar-refractivity contribution in [1.29, 1.82) is 0 Å². The molecule has 4 nitrogen and oxygen atoms in total. The van der Waals surface area contributed by atoms with E-state index in [-0.39, 0.29) is 5.82 Å². The Balaban J connectivity index is 2.06. The van der Waals surface area contributed by atoms with E-state index in [2.05, 4.69) is 10.3 Å². The second kappa shape index (κ2) is 4.28. The molecule has 19 heavy (non-hydrogen) atoms. The van der Waals surface area contributed by atoms with Crippen molar-refractivity contribution in [2.75, 3.05) is 11.1 Å². The van der Waals surface area contributed by atoms with Crippen LogP contribution in [0.2, 0.25) is 0 Å². The summed E-state index contributed by atoms with van der Waals surface area (Å²) in [5.41, 5.74) is 8.00. The monoisotopic (exact) mass is 256 g/mol. The molecule has 0 aliphatic heterocycles. The molecule has 0 unspecified atom stereocenters. The molecule has 3 N–H and O–H groups in total. The molecule has 0 bridgehead atoms. The number of pyridine rings is 1. The summed E-state index contributed by atoms with van der Waals surface area (Å²) in [6.07, 6.45) is 3.61. The van der Waals surface area contributed by atoms with Gasteiger partial charge in [0, 0.05) is 30.5 Å². The molecule has 5 heteroatoms. The molecule has 0 saturated heterocycles. The number of aryl methyl sites for hydroxylation is 1. The van der Waals surface area contributed by atoms with Crippen molar-refractivity contribution in [2.45, 2.75) is 0 Å². The van der Waals surface area contributed by atoms with Crippen molar-refractivity contribution in [2.24, 2.45) is 7.05 Å². The van der Waals surface area contributed by atoms with E-state index in [1.165, 1.54) is 6.07 Å². The van der Waals surface area contributed by atoms with Gasteiger partial charge in [0.15, 0.2) is 0 Å². The Morgan fingerprint density at radius 1 is 1.21 bits per heavy atom. The molecule has 0 saturated carbocycles. The molecule has 0 aliphatic rings. The summed E-state index contributed by atoms with van der Waals surface area (Å²) >= 11 is 0. The summed E-state index contributed by atoms with van der Waals surface area (Å²) in [6, 6.07) is 8.35. The minimum absolute atomic E-state index is 0.374. The van der Waals surface area contributed by atoms with Crippen molar-refractivity contribution >= 4 is 28.1 Å². The van der Waals surface area contributed by atoms with Crippen LogP contribution >= 0.6 is 0 Å². The lowest BCUT2D eigenvalue weighted by Gasteiger charge is -2.09. The molecule has 0 fully saturated rings. The number of nitrogen functional groups attached to an aromatic ring is 1. The summed E-state index contributed by atoms with van der Waals surface area (Å²) < 4.78 is 15.7. The van der Waals surface area contributed by atoms with Gasteiger partial charge in [-0.1, -0.05) is 0 Å². The summed E-state index contributed by atoms with van der Waals surface area (Å²) in [5.74, 6) is -0.374. The highest BCUT2D eigenvalue weighted by molar-refractivity contribution is 5.91. The highest BCUT2D eigenvalue weighted by Gasteiger charge is 2.07. The standard InChI is InChI=1S/C14H13FN4/c1-19-7-5-10-12(4-6-17-14(10)19)18-13-3-2-9(16)8-11(13)15/h2-8H,16H2,1H3,(H,17,18). The molecule has 0 radical (unpaired) electrons. The van der Waals surface area contributed by atoms with Gasteiger partial charge in [-0.25, -0.2) is 9.37 Å². The Morgan fingerprint density at radius 3 is 2.84 bits per heavy atom. The van der Waals surface area contributed by atoms with Crippen molar-refractivity contribution < 1.29 is 4.39 Å². The van der Waals surface area contributed by atoms with E-state index < -0.39 is 0 Å². The number of hydrogen-bond acceptors (Lipinski definition) is 3. The fourth-order valence-corrected chi connectivity index (χ4v) is 2.05. The van der Waals surface area contributed by atoms with E-state index >= 15 is 0 Å². The number of anilines is 3. The Labute approximate surface area is 109 Å². The van der Waals surface area contributed by atoms with Crippen LogP contribution in [0.5, 0.6) is 0 Å². The summed E-state index contributed by atoms with van der Waals surface area (Å²) in [7, 11) is 1.92. The maximum atomic E-state index is 13.8. The zero-order valence-corrected chi connectivity index (χ0v) is 10.4. The Kier molecular flexibility index (Phi) is 2.59. The molecule has 0 amide bonds. The van der Waals surface area contributed by atoms with E-state index in [1.54, 1.807) is 18.3 Å². The van der Waals surface area contributed by atoms with Gasteiger partial charge >= 0.3 is 0 Å². The smallest absolute Gasteiger partial charge is 0.148 e. The molecule has 1 aromatic carbocycles. The van der Waals surface area contributed by atoms with Crippen LogP contribution in [-0.4, -0.2) is 9.55 Å². The van der Waals surface area contributed by atoms with Gasteiger partial charge in [0.05, 0.1) is 11.4 Å². The number of fused-ring (bicyclic) bond motifs is 1. The lowest BCUT2D eigenvalue weighted by molar-refractivity contribution is 0.632. The van der Waals surface area contributed by atoms with Crippen molar-refractivity contribution in [3.05, 3.63) is 48.5 Å². The van der Waals surface area contributed by atoms with E-state index in [9.17, 15) is 4.39 Å². The molecule has 0 aliphatic carbocycles. The number of aromatic nitrogens is 2. The van der Waals surface area contributed by atoms with Crippen LogP contribution in [0.15, 0.2) is 42.7 Å². The number of nitrogens with zero attached hydrogens (tertiary/aromatic N) is 2. The van der Waals surface area contributed by atoms with Crippen LogP contribution in [0.4, 0.5) is 21.5 Å². The van der Waals surface area contributed by atoms with E-state index in [1.807, 2.05) is 29.9 Å². The molecule has 3 aromatic rings. The Bertz CT molecular complexity index is 748. The third-order valence-electron chi connectivity index (χ3n) is 3.03. The first kappa shape index (κ1) is 11.5. The molecule has 2 aromatic heterocycles. The van der Waals surface area contributed by atoms with E-state index in [4.69, 9.17) is 5.73 Å². The first-order valence-electron chi connectivity index (χ1n) is 5.87. The second-order valence-corrected chi connectivity index (χ2v) is 4.39. The number of nitrogens with two attached hydrogens (primary N) is 1. The highest BCUT2D eigenvalue weighted by Crippen LogP contribution is 2.27. The van der Waals surface area contributed by atoms with Gasteiger partial charge < -0.3 is 15.6 Å². The normalized spacial score (nSPS) is 10.8. The summed E-state index contributed by atoms with van der Waals surface area (Å²) in [4.78, 5) is 4.29. The first-order valence-corrected chi connectivity index (χ1v) is 5.87. The third kappa shape index (κ3) is 1.99. The number of hydrogen-bond donors (Lipinski definition) is 2. The van der Waals surface area contributed by atoms with Gasteiger partial charge in [0.1, 0.15) is 11.5 Å². The fraction of sp³-hybridized carbons (Fsp3) is 0.0714. The first-order chi connectivity index (χ1) is 9.15. The van der Waals surface area contributed by atoms with Crippen molar-refractivity contribution in [1.82, 2.24) is 9.55 Å². The maximum Gasteiger partial charge on any atom is 0.148 e. The Hall–Kier alpha value is -2.56. The topological polar surface area (TPSA) is 55.9 Å². The number of benzene rings is 1. The van der Waals surface area contributed by atoms with Crippen molar-refractivity contribution in [3.8, 4) is 0 Å². The maximum absolute atomic E-state index is 13.8. The molecular weight excluding hydrogens is 243 g/mol. The number of rotatable bonds is 2. The number of halogens is 1. The average molecular weight is 256 g/mol. The lowest BCUT2D eigenvalue weighted by Crippen LogP contribution is -1.97. The van der Waals surface area contributed by atoms with Crippen LogP contribution in [-0.2, 0) is 7.05 Å². The predicted molar refractivity (Wildman–Crippen MR) is 74.8 cm³/mol. The molecule has 96 valence electrons. The van der Waals surface area contributed by atoms with Crippen LogP contribution in [0.3, 0.4) is 0 Å². The van der Waals surface area contributed by atoms with E-state index in [0.29, 0.717) is 11.4 Å². The average Bonchev–Trinajstić information content (AvgIpc) is 2.76. The van der Waals surface area contributed by atoms with Gasteiger partial charge in [-0.3, -0.25) is 0 Å². The fourth-order valence-electron chi connectivity index (χ4n) is 2.05. The largest absolute Gasteiger partial charge is 0.399 e. The van der Waals surface area contributed by atoms with Crippen LogP contribution in [0.25, 0.3) is 11.0 Å². The van der Waals surface area contributed by atoms with Gasteiger partial charge in [-0.05, 0) is 30.3 Å². The van der Waals surface area contributed by atoms with Gasteiger partial charge in [0.25, 0.3) is 0 Å². The zero-order chi connectivity index (χ0) is 13.4. The highest BCUT2D eigenvalue weighted by atomic mass is 19.1. The third-order valence-corrected chi connectivity index (χ3v) is 3.03. The minimum Gasteiger partial charge on any atom is -0.399 e. The summed E-state index contributed by atoms with van der Waals surface area (Å²) in [6.45, 7) is 0. The van der Waals surface area contributed by atoms with Crippen LogP contribution in [0, 0.1) is 5.82 Å². The molecule has 0 atom stereocenters. The summed E-state index contributed by atoms with van der Waals surface area (Å²) in [5, 5.41) is 4.02. The van der Waals surface area contributed by atoms with E-state index in [0.717, 1.165) is 16.7 Å². The SMILES string of the molecule is Cn1ccc2c(Nc3ccc(N)cc3F)ccnc21. The minimum atomic E-state index is -0.374. The second-order valence-electron chi connectivity index (χ2n) is 4.39.